The number of hydrogen-bond donors (Lipinski definition) is 1. The number of carbonyl (C=O) groups excluding carboxylic acids is 3. The third-order valence-electron chi connectivity index (χ3n) is 5.21. The van der Waals surface area contributed by atoms with Crippen LogP contribution in [0.3, 0.4) is 0 Å². The van der Waals surface area contributed by atoms with Crippen molar-refractivity contribution in [2.45, 2.75) is 13.8 Å². The van der Waals surface area contributed by atoms with Gasteiger partial charge >= 0.3 is 0 Å². The molecule has 0 unspecified atom stereocenters. The Morgan fingerprint density at radius 2 is 1.77 bits per heavy atom. The lowest BCUT2D eigenvalue weighted by Gasteiger charge is -2.35. The van der Waals surface area contributed by atoms with Crippen LogP contribution in [0.2, 0.25) is 0 Å². The maximum atomic E-state index is 13.2. The predicted molar refractivity (Wildman–Crippen MR) is 118 cm³/mol. The van der Waals surface area contributed by atoms with Crippen molar-refractivity contribution in [2.24, 2.45) is 0 Å². The van der Waals surface area contributed by atoms with E-state index < -0.39 is 11.8 Å². The minimum atomic E-state index is -0.523. The van der Waals surface area contributed by atoms with Gasteiger partial charge in [-0.15, -0.1) is 0 Å². The minimum absolute atomic E-state index is 0.0126. The number of amides is 3. The summed E-state index contributed by atoms with van der Waals surface area (Å²) in [5.41, 5.74) is 2.61. The first kappa shape index (κ1) is 20.8. The van der Waals surface area contributed by atoms with Gasteiger partial charge in [0, 0.05) is 32.4 Å². The van der Waals surface area contributed by atoms with Crippen molar-refractivity contribution in [3.8, 4) is 0 Å². The van der Waals surface area contributed by atoms with E-state index in [-0.39, 0.29) is 16.6 Å². The van der Waals surface area contributed by atoms with Crippen molar-refractivity contribution in [1.29, 1.82) is 0 Å². The number of furan rings is 1. The normalized spacial score (nSPS) is 18.6. The molecule has 0 spiro atoms. The van der Waals surface area contributed by atoms with Crippen LogP contribution in [-0.2, 0) is 9.59 Å². The van der Waals surface area contributed by atoms with Crippen LogP contribution in [0, 0.1) is 13.8 Å². The van der Waals surface area contributed by atoms with Gasteiger partial charge in [0.25, 0.3) is 17.7 Å². The van der Waals surface area contributed by atoms with Crippen LogP contribution < -0.4 is 10.2 Å². The van der Waals surface area contributed by atoms with E-state index in [0.717, 1.165) is 11.1 Å². The van der Waals surface area contributed by atoms with Crippen molar-refractivity contribution in [2.75, 3.05) is 31.1 Å². The lowest BCUT2D eigenvalue weighted by molar-refractivity contribution is -0.122. The number of hydrogen-bond acceptors (Lipinski definition) is 6. The lowest BCUT2D eigenvalue weighted by atomic mass is 10.1. The monoisotopic (exact) mass is 438 g/mol. The molecule has 1 N–H and O–H groups in total. The second-order valence-electron chi connectivity index (χ2n) is 7.59. The van der Waals surface area contributed by atoms with E-state index in [1.807, 2.05) is 36.9 Å². The van der Waals surface area contributed by atoms with Gasteiger partial charge in [-0.3, -0.25) is 24.6 Å². The molecule has 1 aromatic carbocycles. The smallest absolute Gasteiger partial charge is 0.289 e. The summed E-state index contributed by atoms with van der Waals surface area (Å²) < 4.78 is 5.17. The van der Waals surface area contributed by atoms with Gasteiger partial charge in [0.2, 0.25) is 0 Å². The van der Waals surface area contributed by atoms with E-state index in [2.05, 4.69) is 5.32 Å². The lowest BCUT2D eigenvalue weighted by Crippen LogP contribution is -2.55. The molecule has 160 valence electrons. The molecular weight excluding hydrogens is 416 g/mol. The van der Waals surface area contributed by atoms with E-state index in [1.165, 1.54) is 11.2 Å². The van der Waals surface area contributed by atoms with E-state index in [4.69, 9.17) is 16.6 Å². The van der Waals surface area contributed by atoms with Crippen LogP contribution in [0.15, 0.2) is 52.8 Å². The highest BCUT2D eigenvalue weighted by Gasteiger charge is 2.35. The maximum Gasteiger partial charge on any atom is 0.289 e. The molecule has 0 saturated carbocycles. The summed E-state index contributed by atoms with van der Waals surface area (Å²) >= 11 is 5.27. The summed E-state index contributed by atoms with van der Waals surface area (Å²) in [6.45, 7) is 5.77. The molecule has 4 rings (SSSR count). The van der Waals surface area contributed by atoms with Crippen molar-refractivity contribution >= 4 is 40.7 Å². The van der Waals surface area contributed by atoms with Crippen molar-refractivity contribution < 1.29 is 18.8 Å². The quantitative estimate of drug-likeness (QED) is 0.448. The van der Waals surface area contributed by atoms with Gasteiger partial charge < -0.3 is 14.2 Å². The van der Waals surface area contributed by atoms with Crippen LogP contribution in [-0.4, -0.2) is 58.8 Å². The Morgan fingerprint density at radius 1 is 1.10 bits per heavy atom. The van der Waals surface area contributed by atoms with Crippen LogP contribution in [0.5, 0.6) is 0 Å². The average molecular weight is 439 g/mol. The molecule has 2 aliphatic heterocycles. The molecule has 0 bridgehead atoms. The Kier molecular flexibility index (Phi) is 5.60. The fraction of sp³-hybridized carbons (Fsp3) is 0.273. The molecule has 2 saturated heterocycles. The highest BCUT2D eigenvalue weighted by molar-refractivity contribution is 7.80. The number of aryl methyl sites for hydroxylation is 2. The zero-order valence-corrected chi connectivity index (χ0v) is 18.1. The Balaban J connectivity index is 1.50. The average Bonchev–Trinajstić information content (AvgIpc) is 3.25. The number of piperazine rings is 1. The Labute approximate surface area is 185 Å². The summed E-state index contributed by atoms with van der Waals surface area (Å²) in [6, 6.07) is 9.01. The maximum absolute atomic E-state index is 13.2. The summed E-state index contributed by atoms with van der Waals surface area (Å²) in [4.78, 5) is 43.0. The van der Waals surface area contributed by atoms with Crippen LogP contribution in [0.1, 0.15) is 21.7 Å². The Morgan fingerprint density at radius 3 is 2.39 bits per heavy atom. The zero-order valence-electron chi connectivity index (χ0n) is 17.3. The summed E-state index contributed by atoms with van der Waals surface area (Å²) in [7, 11) is 0. The molecule has 0 radical (unpaired) electrons. The topological polar surface area (TPSA) is 86.1 Å². The second-order valence-corrected chi connectivity index (χ2v) is 7.98. The summed E-state index contributed by atoms with van der Waals surface area (Å²) in [5.74, 6) is -0.862. The van der Waals surface area contributed by atoms with Crippen LogP contribution in [0.4, 0.5) is 5.69 Å². The fourth-order valence-electron chi connectivity index (χ4n) is 3.75. The van der Waals surface area contributed by atoms with Gasteiger partial charge in [-0.1, -0.05) is 6.07 Å². The molecule has 8 nitrogen and oxygen atoms in total. The molecule has 1 aromatic heterocycles. The Bertz CT molecular complexity index is 1060. The van der Waals surface area contributed by atoms with Crippen molar-refractivity contribution in [1.82, 2.24) is 15.1 Å². The fourth-order valence-corrected chi connectivity index (χ4v) is 4.03. The van der Waals surface area contributed by atoms with Crippen molar-refractivity contribution in [3.05, 3.63) is 65.3 Å². The number of thiocarbonyl (C=S) groups is 1. The molecule has 2 aliphatic rings. The van der Waals surface area contributed by atoms with Gasteiger partial charge in [0.05, 0.1) is 12.0 Å². The second kappa shape index (κ2) is 8.35. The van der Waals surface area contributed by atoms with Crippen molar-refractivity contribution in [3.63, 3.8) is 0 Å². The first-order valence-electron chi connectivity index (χ1n) is 9.90. The first-order valence-corrected chi connectivity index (χ1v) is 10.3. The summed E-state index contributed by atoms with van der Waals surface area (Å²) in [5, 5.41) is 2.67. The molecule has 3 heterocycles. The number of rotatable bonds is 3. The van der Waals surface area contributed by atoms with Crippen LogP contribution >= 0.6 is 12.2 Å². The molecule has 0 aliphatic carbocycles. The Hall–Kier alpha value is -3.46. The van der Waals surface area contributed by atoms with Gasteiger partial charge in [0.1, 0.15) is 5.57 Å². The molecule has 3 amide bonds. The third-order valence-corrected chi connectivity index (χ3v) is 5.50. The largest absolute Gasteiger partial charge is 0.459 e. The molecular formula is C22H22N4O4S. The predicted octanol–water partition coefficient (Wildman–Crippen LogP) is 1.99. The standard InChI is InChI=1S/C22H22N4O4S/c1-14-10-15(2)12-16(11-14)26-20(28)17(19(27)23-22(26)31)13-24-5-7-25(8-6-24)21(29)18-4-3-9-30-18/h3-4,9-13H,5-8H2,1-2H3,(H,23,27,31). The SMILES string of the molecule is Cc1cc(C)cc(N2C(=O)C(=CN3CCN(C(=O)c4ccco4)CC3)C(=O)NC2=S)c1. The van der Waals surface area contributed by atoms with E-state index in [0.29, 0.717) is 37.6 Å². The van der Waals surface area contributed by atoms with E-state index in [9.17, 15) is 14.4 Å². The number of nitrogens with zero attached hydrogens (tertiary/aromatic N) is 3. The number of nitrogens with one attached hydrogen (secondary N) is 1. The van der Waals surface area contributed by atoms with Gasteiger partial charge in [-0.25, -0.2) is 0 Å². The molecule has 31 heavy (non-hydrogen) atoms. The van der Waals surface area contributed by atoms with Crippen LogP contribution in [0.25, 0.3) is 0 Å². The number of carbonyl (C=O) groups is 3. The third kappa shape index (κ3) is 4.22. The highest BCUT2D eigenvalue weighted by atomic mass is 32.1. The highest BCUT2D eigenvalue weighted by Crippen LogP contribution is 2.24. The molecule has 9 heteroatoms. The number of benzene rings is 1. The number of anilines is 1. The van der Waals surface area contributed by atoms with Gasteiger partial charge in [-0.05, 0) is 61.5 Å². The van der Waals surface area contributed by atoms with Gasteiger partial charge in [0.15, 0.2) is 10.9 Å². The first-order chi connectivity index (χ1) is 14.8. The van der Waals surface area contributed by atoms with Gasteiger partial charge in [-0.2, -0.15) is 0 Å². The van der Waals surface area contributed by atoms with E-state index in [1.54, 1.807) is 23.2 Å². The molecule has 2 fully saturated rings. The van der Waals surface area contributed by atoms with E-state index >= 15 is 0 Å². The molecule has 2 aromatic rings. The zero-order chi connectivity index (χ0) is 22.1. The minimum Gasteiger partial charge on any atom is -0.459 e. The summed E-state index contributed by atoms with van der Waals surface area (Å²) in [6.07, 6.45) is 3.02. The molecule has 0 atom stereocenters.